The van der Waals surface area contributed by atoms with Gasteiger partial charge in [0.1, 0.15) is 0 Å². The van der Waals surface area contributed by atoms with Crippen LogP contribution in [0.1, 0.15) is 35.5 Å². The van der Waals surface area contributed by atoms with Crippen LogP contribution in [0.25, 0.3) is 0 Å². The molecule has 0 aromatic carbocycles. The molecule has 16 heavy (non-hydrogen) atoms. The van der Waals surface area contributed by atoms with Crippen molar-refractivity contribution in [3.05, 3.63) is 0 Å². The lowest BCUT2D eigenvalue weighted by atomic mass is 10.4. The Kier molecular flexibility index (Phi) is 16.0. The molecule has 0 unspecified atom stereocenters. The molecule has 0 aromatic heterocycles. The van der Waals surface area contributed by atoms with E-state index in [4.69, 9.17) is 4.74 Å². The molecule has 0 radical (unpaired) electrons. The highest BCUT2D eigenvalue weighted by Crippen LogP contribution is 1.87. The van der Waals surface area contributed by atoms with E-state index < -0.39 is 0 Å². The van der Waals surface area contributed by atoms with Crippen LogP contribution in [0, 0.1) is 0 Å². The summed E-state index contributed by atoms with van der Waals surface area (Å²) in [6.07, 6.45) is 0.988. The van der Waals surface area contributed by atoms with Gasteiger partial charge in [-0.05, 0) is 26.9 Å². The van der Waals surface area contributed by atoms with Gasteiger partial charge in [0, 0.05) is 28.0 Å². The molecule has 0 aliphatic carbocycles. The van der Waals surface area contributed by atoms with Crippen molar-refractivity contribution in [2.24, 2.45) is 0 Å². The van der Waals surface area contributed by atoms with Crippen molar-refractivity contribution >= 4 is 5.91 Å². The van der Waals surface area contributed by atoms with E-state index in [0.29, 0.717) is 0 Å². The van der Waals surface area contributed by atoms with Gasteiger partial charge in [-0.15, -0.1) is 0 Å². The number of carbonyl (C=O) groups is 1. The van der Waals surface area contributed by atoms with Gasteiger partial charge in [0.05, 0.1) is 6.61 Å². The molecule has 0 aliphatic rings. The van der Waals surface area contributed by atoms with Gasteiger partial charge in [0.25, 0.3) is 0 Å². The zero-order valence-electron chi connectivity index (χ0n) is 11.5. The largest absolute Gasteiger partial charge is 0.380 e. The van der Waals surface area contributed by atoms with E-state index in [1.807, 2.05) is 20.8 Å². The Bertz CT molecular complexity index is 157. The molecular formula is C12H30N2O2. The zero-order valence-corrected chi connectivity index (χ0v) is 11.5. The average molecular weight is 234 g/mol. The molecule has 0 saturated heterocycles. The van der Waals surface area contributed by atoms with E-state index in [1.165, 1.54) is 0 Å². The van der Waals surface area contributed by atoms with Crippen LogP contribution in [0.3, 0.4) is 0 Å². The molecule has 1 amide bonds. The number of hydrogen-bond donors (Lipinski definition) is 1. The summed E-state index contributed by atoms with van der Waals surface area (Å²) in [6.45, 7) is 11.8. The maximum absolute atomic E-state index is 10.6. The van der Waals surface area contributed by atoms with Gasteiger partial charge in [0.15, 0.2) is 0 Å². The van der Waals surface area contributed by atoms with Crippen LogP contribution >= 0.6 is 0 Å². The highest BCUT2D eigenvalue weighted by Gasteiger charge is 1.97. The van der Waals surface area contributed by atoms with Crippen molar-refractivity contribution in [1.82, 2.24) is 10.2 Å². The first-order valence-electron chi connectivity index (χ1n) is 6.17. The summed E-state index contributed by atoms with van der Waals surface area (Å²) >= 11 is 0. The molecule has 1 N–H and O–H groups in total. The molecule has 0 spiro atoms. The van der Waals surface area contributed by atoms with Gasteiger partial charge >= 0.3 is 0 Å². The second-order valence-corrected chi connectivity index (χ2v) is 3.34. The van der Waals surface area contributed by atoms with Crippen molar-refractivity contribution in [2.45, 2.75) is 34.1 Å². The third-order valence-electron chi connectivity index (χ3n) is 1.91. The van der Waals surface area contributed by atoms with Gasteiger partial charge in [0.2, 0.25) is 5.91 Å². The van der Waals surface area contributed by atoms with Crippen LogP contribution in [0.2, 0.25) is 0 Å². The fourth-order valence-electron chi connectivity index (χ4n) is 1.09. The highest BCUT2D eigenvalue weighted by atomic mass is 16.5. The van der Waals surface area contributed by atoms with E-state index in [2.05, 4.69) is 17.3 Å². The third kappa shape index (κ3) is 15.8. The lowest BCUT2D eigenvalue weighted by Gasteiger charge is -2.16. The number of hydrogen-bond acceptors (Lipinski definition) is 3. The maximum Gasteiger partial charge on any atom is 0.216 e. The molecule has 4 nitrogen and oxygen atoms in total. The van der Waals surface area contributed by atoms with Crippen molar-refractivity contribution in [1.29, 1.82) is 0 Å². The smallest absolute Gasteiger partial charge is 0.216 e. The van der Waals surface area contributed by atoms with Gasteiger partial charge < -0.3 is 15.0 Å². The first-order valence-corrected chi connectivity index (χ1v) is 6.17. The van der Waals surface area contributed by atoms with Gasteiger partial charge in [-0.1, -0.05) is 13.8 Å². The number of carbonyl (C=O) groups excluding carboxylic acids is 1. The lowest BCUT2D eigenvalue weighted by Crippen LogP contribution is -2.28. The van der Waals surface area contributed by atoms with E-state index >= 15 is 0 Å². The summed E-state index contributed by atoms with van der Waals surface area (Å²) in [4.78, 5) is 12.8. The fourth-order valence-corrected chi connectivity index (χ4v) is 1.09. The molecule has 0 bridgehead atoms. The molecule has 0 aliphatic heterocycles. The van der Waals surface area contributed by atoms with Crippen LogP contribution in [0.15, 0.2) is 0 Å². The molecule has 4 heteroatoms. The molecule has 0 fully saturated rings. The normalized spacial score (nSPS) is 9.62. The monoisotopic (exact) mass is 234 g/mol. The zero-order chi connectivity index (χ0) is 12.8. The maximum atomic E-state index is 10.6. The van der Waals surface area contributed by atoms with Crippen molar-refractivity contribution < 1.29 is 11.0 Å². The van der Waals surface area contributed by atoms with Crippen LogP contribution in [0.4, 0.5) is 0 Å². The van der Waals surface area contributed by atoms with Crippen LogP contribution < -0.4 is 5.32 Å². The van der Waals surface area contributed by atoms with E-state index in [0.717, 1.165) is 39.3 Å². The second-order valence-electron chi connectivity index (χ2n) is 3.34. The summed E-state index contributed by atoms with van der Waals surface area (Å²) in [5.41, 5.74) is 0. The molecule has 100 valence electrons. The minimum absolute atomic E-state index is 0. The average Bonchev–Trinajstić information content (AvgIpc) is 2.27. The number of rotatable bonds is 8. The van der Waals surface area contributed by atoms with Gasteiger partial charge in [-0.2, -0.15) is 0 Å². The van der Waals surface area contributed by atoms with Crippen LogP contribution in [0.5, 0.6) is 0 Å². The highest BCUT2D eigenvalue weighted by molar-refractivity contribution is 5.72. The van der Waals surface area contributed by atoms with Crippen molar-refractivity contribution in [2.75, 3.05) is 39.9 Å². The lowest BCUT2D eigenvalue weighted by molar-refractivity contribution is -0.118. The predicted molar refractivity (Wildman–Crippen MR) is 70.8 cm³/mol. The van der Waals surface area contributed by atoms with Crippen LogP contribution in [-0.2, 0) is 9.53 Å². The Labute approximate surface area is 102 Å². The third-order valence-corrected chi connectivity index (χ3v) is 1.91. The van der Waals surface area contributed by atoms with E-state index in [-0.39, 0.29) is 7.33 Å². The molecule has 0 heterocycles. The van der Waals surface area contributed by atoms with E-state index in [9.17, 15) is 4.79 Å². The number of nitrogens with one attached hydrogen (secondary N) is 1. The molecular weight excluding hydrogens is 204 g/mol. The minimum atomic E-state index is 0. The Morgan fingerprint density at radius 1 is 1.38 bits per heavy atom. The number of amides is 1. The first-order chi connectivity index (χ1) is 7.66. The molecule has 0 atom stereocenters. The second kappa shape index (κ2) is 14.4. The molecule has 0 rings (SSSR count). The Balaban J connectivity index is -0.000000616. The SMILES string of the molecule is CC.CCOCCN(C)CCCNC(C)=O.[HH]. The Morgan fingerprint density at radius 3 is 2.50 bits per heavy atom. The summed E-state index contributed by atoms with van der Waals surface area (Å²) in [5, 5.41) is 2.77. The van der Waals surface area contributed by atoms with E-state index in [1.54, 1.807) is 6.92 Å². The topological polar surface area (TPSA) is 41.6 Å². The number of ether oxygens (including phenoxy) is 1. The standard InChI is InChI=1S/C10H22N2O2.C2H6.H2/c1-4-14-9-8-12(3)7-5-6-11-10(2)13;1-2;/h4-9H2,1-3H3,(H,11,13);1-2H3;1H. The number of likely N-dealkylation sites (N-methyl/N-ethyl adjacent to an activating group) is 1. The summed E-state index contributed by atoms with van der Waals surface area (Å²) in [7, 11) is 2.06. The minimum Gasteiger partial charge on any atom is -0.380 e. The number of nitrogens with zero attached hydrogens (tertiary/aromatic N) is 1. The Hall–Kier alpha value is -0.610. The summed E-state index contributed by atoms with van der Waals surface area (Å²) in [6, 6.07) is 0. The van der Waals surface area contributed by atoms with Crippen molar-refractivity contribution in [3.8, 4) is 0 Å². The summed E-state index contributed by atoms with van der Waals surface area (Å²) in [5.74, 6) is 0.0435. The van der Waals surface area contributed by atoms with Gasteiger partial charge in [-0.3, -0.25) is 4.79 Å². The summed E-state index contributed by atoms with van der Waals surface area (Å²) < 4.78 is 5.24. The van der Waals surface area contributed by atoms with Crippen molar-refractivity contribution in [3.63, 3.8) is 0 Å². The fraction of sp³-hybridized carbons (Fsp3) is 0.917. The Morgan fingerprint density at radius 2 is 2.00 bits per heavy atom. The predicted octanol–water partition coefficient (Wildman–Crippen LogP) is 1.75. The quantitative estimate of drug-likeness (QED) is 0.651. The molecule has 0 aromatic rings. The first kappa shape index (κ1) is 17.8. The van der Waals surface area contributed by atoms with Gasteiger partial charge in [-0.25, -0.2) is 0 Å². The van der Waals surface area contributed by atoms with Crippen LogP contribution in [-0.4, -0.2) is 50.7 Å². The molecule has 0 saturated carbocycles.